The Bertz CT molecular complexity index is 1240. The Labute approximate surface area is 201 Å². The van der Waals surface area contributed by atoms with E-state index in [2.05, 4.69) is 10.3 Å². The molecule has 1 N–H and O–H groups in total. The van der Waals surface area contributed by atoms with E-state index in [9.17, 15) is 18.4 Å². The summed E-state index contributed by atoms with van der Waals surface area (Å²) in [6.45, 7) is 5.56. The van der Waals surface area contributed by atoms with Gasteiger partial charge in [-0.05, 0) is 33.3 Å². The molecule has 0 spiro atoms. The van der Waals surface area contributed by atoms with Gasteiger partial charge in [0.05, 0.1) is 24.8 Å². The molecule has 0 aliphatic carbocycles. The van der Waals surface area contributed by atoms with Gasteiger partial charge in [-0.1, -0.05) is 30.3 Å². The number of ether oxygens (including phenoxy) is 2. The number of alkyl halides is 2. The molecule has 3 aromatic rings. The lowest BCUT2D eigenvalue weighted by Crippen LogP contribution is -2.46. The summed E-state index contributed by atoms with van der Waals surface area (Å²) in [6.07, 6.45) is 0.568. The molecule has 8 nitrogen and oxygen atoms in total. The Hall–Kier alpha value is -3.69. The van der Waals surface area contributed by atoms with Crippen molar-refractivity contribution in [3.63, 3.8) is 0 Å². The fraction of sp³-hybridized carbons (Fsp3) is 0.400. The van der Waals surface area contributed by atoms with Crippen molar-refractivity contribution in [1.82, 2.24) is 15.2 Å². The summed E-state index contributed by atoms with van der Waals surface area (Å²) in [5.74, 6) is -3.55. The Morgan fingerprint density at radius 3 is 2.66 bits per heavy atom. The van der Waals surface area contributed by atoms with Crippen LogP contribution in [0.25, 0.3) is 11.0 Å². The third kappa shape index (κ3) is 5.52. The van der Waals surface area contributed by atoms with Crippen molar-refractivity contribution in [2.24, 2.45) is 0 Å². The van der Waals surface area contributed by atoms with E-state index in [1.54, 1.807) is 33.8 Å². The highest BCUT2D eigenvalue weighted by molar-refractivity contribution is 6.07. The molecule has 1 fully saturated rings. The zero-order valence-corrected chi connectivity index (χ0v) is 19.9. The van der Waals surface area contributed by atoms with Crippen molar-refractivity contribution in [1.29, 1.82) is 0 Å². The molecule has 1 atom stereocenters. The number of hydrogen-bond donors (Lipinski definition) is 1. The summed E-state index contributed by atoms with van der Waals surface area (Å²) in [5.41, 5.74) is 0.551. The van der Waals surface area contributed by atoms with E-state index in [0.717, 1.165) is 10.5 Å². The first-order valence-electron chi connectivity index (χ1n) is 11.2. The Morgan fingerprint density at radius 2 is 1.97 bits per heavy atom. The number of furan rings is 1. The van der Waals surface area contributed by atoms with Gasteiger partial charge in [-0.15, -0.1) is 0 Å². The highest BCUT2D eigenvalue weighted by atomic mass is 19.3. The molecular formula is C25H27F2N3O5. The lowest BCUT2D eigenvalue weighted by atomic mass is 10.1. The van der Waals surface area contributed by atoms with E-state index in [1.165, 1.54) is 6.20 Å². The van der Waals surface area contributed by atoms with Gasteiger partial charge >= 0.3 is 6.09 Å². The highest BCUT2D eigenvalue weighted by Gasteiger charge is 2.51. The van der Waals surface area contributed by atoms with Crippen molar-refractivity contribution in [3.05, 3.63) is 59.5 Å². The number of amides is 2. The van der Waals surface area contributed by atoms with Crippen molar-refractivity contribution in [3.8, 4) is 5.88 Å². The minimum Gasteiger partial charge on any atom is -0.473 e. The molecule has 1 aliphatic heterocycles. The van der Waals surface area contributed by atoms with Crippen LogP contribution in [0.1, 0.15) is 42.5 Å². The molecule has 0 saturated carbocycles. The number of pyridine rings is 1. The van der Waals surface area contributed by atoms with E-state index < -0.39 is 36.1 Å². The molecule has 0 radical (unpaired) electrons. The van der Waals surface area contributed by atoms with Gasteiger partial charge in [0.1, 0.15) is 24.0 Å². The SMILES string of the molecule is Cc1oc2cnc(OCc3ccccc3)cc2c1C(=O)NC1CN(C(=O)OC(C)(C)C)CC1(F)F. The first-order chi connectivity index (χ1) is 16.4. The number of aryl methyl sites for hydroxylation is 1. The monoisotopic (exact) mass is 487 g/mol. The molecule has 4 rings (SSSR count). The average molecular weight is 488 g/mol. The maximum absolute atomic E-state index is 14.7. The number of nitrogens with zero attached hydrogens (tertiary/aromatic N) is 2. The Morgan fingerprint density at radius 1 is 1.26 bits per heavy atom. The summed E-state index contributed by atoms with van der Waals surface area (Å²) in [7, 11) is 0. The zero-order valence-electron chi connectivity index (χ0n) is 19.9. The van der Waals surface area contributed by atoms with E-state index >= 15 is 0 Å². The highest BCUT2D eigenvalue weighted by Crippen LogP contribution is 2.31. The van der Waals surface area contributed by atoms with E-state index in [4.69, 9.17) is 13.9 Å². The van der Waals surface area contributed by atoms with Gasteiger partial charge in [0, 0.05) is 11.5 Å². The summed E-state index contributed by atoms with van der Waals surface area (Å²) in [4.78, 5) is 30.4. The third-order valence-electron chi connectivity index (χ3n) is 5.45. The van der Waals surface area contributed by atoms with Crippen LogP contribution in [0.15, 0.2) is 47.0 Å². The van der Waals surface area contributed by atoms with Crippen LogP contribution in [-0.2, 0) is 11.3 Å². The smallest absolute Gasteiger partial charge is 0.410 e. The Kier molecular flexibility index (Phi) is 6.40. The molecule has 1 saturated heterocycles. The number of hydrogen-bond acceptors (Lipinski definition) is 6. The normalized spacial score (nSPS) is 17.4. The molecule has 3 heterocycles. The number of fused-ring (bicyclic) bond motifs is 1. The van der Waals surface area contributed by atoms with Gasteiger partial charge in [-0.3, -0.25) is 9.69 Å². The second kappa shape index (κ2) is 9.16. The Balaban J connectivity index is 1.51. The molecule has 10 heteroatoms. The first-order valence-corrected chi connectivity index (χ1v) is 11.2. The number of halogens is 2. The summed E-state index contributed by atoms with van der Waals surface area (Å²) < 4.78 is 45.9. The van der Waals surface area contributed by atoms with Crippen molar-refractivity contribution >= 4 is 23.0 Å². The van der Waals surface area contributed by atoms with Crippen LogP contribution in [-0.4, -0.2) is 52.5 Å². The van der Waals surface area contributed by atoms with Crippen LogP contribution >= 0.6 is 0 Å². The average Bonchev–Trinajstić information content (AvgIpc) is 3.26. The van der Waals surface area contributed by atoms with E-state index in [0.29, 0.717) is 11.0 Å². The zero-order chi connectivity index (χ0) is 25.4. The molecule has 2 amide bonds. The number of likely N-dealkylation sites (tertiary alicyclic amines) is 1. The number of rotatable bonds is 5. The molecule has 1 aliphatic rings. The molecule has 1 aromatic carbocycles. The van der Waals surface area contributed by atoms with Gasteiger partial charge in [0.25, 0.3) is 11.8 Å². The van der Waals surface area contributed by atoms with Gasteiger partial charge in [0.2, 0.25) is 5.88 Å². The largest absolute Gasteiger partial charge is 0.473 e. The molecular weight excluding hydrogens is 460 g/mol. The molecule has 2 aromatic heterocycles. The number of nitrogens with one attached hydrogen (secondary N) is 1. The molecule has 1 unspecified atom stereocenters. The maximum atomic E-state index is 14.7. The van der Waals surface area contributed by atoms with Crippen LogP contribution in [0.2, 0.25) is 0 Å². The minimum atomic E-state index is -3.33. The van der Waals surface area contributed by atoms with Crippen LogP contribution < -0.4 is 10.1 Å². The van der Waals surface area contributed by atoms with Gasteiger partial charge < -0.3 is 19.2 Å². The fourth-order valence-electron chi connectivity index (χ4n) is 3.83. The van der Waals surface area contributed by atoms with E-state index in [-0.39, 0.29) is 30.4 Å². The van der Waals surface area contributed by atoms with Crippen LogP contribution in [0.3, 0.4) is 0 Å². The minimum absolute atomic E-state index is 0.110. The lowest BCUT2D eigenvalue weighted by Gasteiger charge is -2.24. The number of aromatic nitrogens is 1. The lowest BCUT2D eigenvalue weighted by molar-refractivity contribution is -0.0153. The standard InChI is InChI=1S/C25H27F2N3O5/c1-15-21(17-10-20(28-11-18(17)34-15)33-13-16-8-6-5-7-9-16)22(31)29-19-12-30(14-25(19,26)27)23(32)35-24(2,3)4/h5-11,19H,12-14H2,1-4H3,(H,29,31). The third-order valence-corrected chi connectivity index (χ3v) is 5.45. The predicted octanol–water partition coefficient (Wildman–Crippen LogP) is 4.70. The van der Waals surface area contributed by atoms with Gasteiger partial charge in [0.15, 0.2) is 5.58 Å². The summed E-state index contributed by atoms with van der Waals surface area (Å²) >= 11 is 0. The van der Waals surface area contributed by atoms with Crippen molar-refractivity contribution in [2.45, 2.75) is 51.9 Å². The quantitative estimate of drug-likeness (QED) is 0.561. The summed E-state index contributed by atoms with van der Waals surface area (Å²) in [5, 5.41) is 2.76. The number of benzene rings is 1. The van der Waals surface area contributed by atoms with Crippen molar-refractivity contribution in [2.75, 3.05) is 13.1 Å². The molecule has 0 bridgehead atoms. The molecule has 186 valence electrons. The second-order valence-corrected chi connectivity index (χ2v) is 9.47. The van der Waals surface area contributed by atoms with Gasteiger partial charge in [-0.2, -0.15) is 0 Å². The molecule has 35 heavy (non-hydrogen) atoms. The van der Waals surface area contributed by atoms with Crippen LogP contribution in [0.5, 0.6) is 5.88 Å². The van der Waals surface area contributed by atoms with Gasteiger partial charge in [-0.25, -0.2) is 18.6 Å². The predicted molar refractivity (Wildman–Crippen MR) is 124 cm³/mol. The summed E-state index contributed by atoms with van der Waals surface area (Å²) in [6, 6.07) is 9.45. The topological polar surface area (TPSA) is 93.9 Å². The first kappa shape index (κ1) is 24.4. The second-order valence-electron chi connectivity index (χ2n) is 9.47. The number of carbonyl (C=O) groups is 2. The van der Waals surface area contributed by atoms with E-state index in [1.807, 2.05) is 30.3 Å². The van der Waals surface area contributed by atoms with Crippen LogP contribution in [0, 0.1) is 6.92 Å². The van der Waals surface area contributed by atoms with Crippen molar-refractivity contribution < 1.29 is 32.3 Å². The number of carbonyl (C=O) groups excluding carboxylic acids is 2. The maximum Gasteiger partial charge on any atom is 0.410 e. The van der Waals surface area contributed by atoms with Crippen LogP contribution in [0.4, 0.5) is 13.6 Å². The fourth-order valence-corrected chi connectivity index (χ4v) is 3.83.